The van der Waals surface area contributed by atoms with Crippen molar-refractivity contribution in [2.45, 2.75) is 9.48 Å². The molecular weight excluding hydrogens is 246 g/mol. The van der Waals surface area contributed by atoms with Crippen LogP contribution in [0.25, 0.3) is 0 Å². The van der Waals surface area contributed by atoms with Gasteiger partial charge < -0.3 is 4.74 Å². The summed E-state index contributed by atoms with van der Waals surface area (Å²) in [6.45, 7) is 0. The van der Waals surface area contributed by atoms with Gasteiger partial charge in [-0.3, -0.25) is 14.9 Å². The van der Waals surface area contributed by atoms with Crippen LogP contribution in [0.1, 0.15) is 0 Å². The summed E-state index contributed by atoms with van der Waals surface area (Å²) >= 11 is 2.35. The second-order valence-corrected chi connectivity index (χ2v) is 5.58. The minimum Gasteiger partial charge on any atom is -0.497 e. The molecule has 0 aliphatic carbocycles. The highest BCUT2D eigenvalue weighted by molar-refractivity contribution is 8.26. The van der Waals surface area contributed by atoms with E-state index in [1.54, 1.807) is 7.11 Å². The van der Waals surface area contributed by atoms with Gasteiger partial charge in [0.05, 0.1) is 7.11 Å². The third-order valence-corrected chi connectivity index (χ3v) is 4.21. The van der Waals surface area contributed by atoms with Crippen molar-refractivity contribution in [2.75, 3.05) is 7.11 Å². The number of hydrogen-bond donors (Lipinski definition) is 1. The van der Waals surface area contributed by atoms with Gasteiger partial charge in [-0.25, -0.2) is 0 Å². The van der Waals surface area contributed by atoms with Crippen molar-refractivity contribution in [1.29, 1.82) is 0 Å². The van der Waals surface area contributed by atoms with Crippen LogP contribution in [0.15, 0.2) is 29.2 Å². The van der Waals surface area contributed by atoms with E-state index >= 15 is 0 Å². The average molecular weight is 255 g/mol. The molecule has 1 unspecified atom stereocenters. The summed E-state index contributed by atoms with van der Waals surface area (Å²) < 4.78 is 4.68. The van der Waals surface area contributed by atoms with Gasteiger partial charge >= 0.3 is 0 Å². The molecule has 1 fully saturated rings. The second-order valence-electron chi connectivity index (χ2n) is 3.02. The molecule has 0 bridgehead atoms. The molecule has 0 spiro atoms. The number of hydrogen-bond acceptors (Lipinski definition) is 5. The largest absolute Gasteiger partial charge is 0.497 e. The first-order chi connectivity index (χ1) is 7.69. The molecule has 16 heavy (non-hydrogen) atoms. The predicted octanol–water partition coefficient (Wildman–Crippen LogP) is 2.10. The molecule has 1 heterocycles. The van der Waals surface area contributed by atoms with Gasteiger partial charge in [-0.15, -0.1) is 11.8 Å². The highest BCUT2D eigenvalue weighted by Gasteiger charge is 2.32. The lowest BCUT2D eigenvalue weighted by atomic mass is 10.3. The minimum atomic E-state index is -0.403. The molecule has 2 amide bonds. The summed E-state index contributed by atoms with van der Waals surface area (Å²) in [5.74, 6) is 0.488. The maximum atomic E-state index is 11.3. The van der Waals surface area contributed by atoms with E-state index in [-0.39, 0.29) is 11.1 Å². The van der Waals surface area contributed by atoms with Gasteiger partial charge in [0.25, 0.3) is 11.1 Å². The standard InChI is InChI=1S/C10H9NO3S2/c1-14-6-3-2-4-7(5-6)15-9-8(12)11-10(13)16-9/h2-5,9H,1H3,(H,11,12,13). The van der Waals surface area contributed by atoms with Crippen molar-refractivity contribution < 1.29 is 14.3 Å². The van der Waals surface area contributed by atoms with Crippen molar-refractivity contribution in [1.82, 2.24) is 5.32 Å². The molecule has 0 aromatic heterocycles. The fourth-order valence-electron chi connectivity index (χ4n) is 1.22. The molecule has 0 saturated carbocycles. The monoisotopic (exact) mass is 255 g/mol. The van der Waals surface area contributed by atoms with E-state index in [1.807, 2.05) is 24.3 Å². The van der Waals surface area contributed by atoms with Crippen LogP contribution in [-0.2, 0) is 4.79 Å². The Bertz CT molecular complexity index is 436. The SMILES string of the molecule is COc1cccc(SC2SC(=O)NC2=O)c1. The van der Waals surface area contributed by atoms with E-state index < -0.39 is 4.58 Å². The number of benzene rings is 1. The van der Waals surface area contributed by atoms with Crippen LogP contribution < -0.4 is 10.1 Å². The Hall–Kier alpha value is -1.14. The average Bonchev–Trinajstić information content (AvgIpc) is 2.58. The Morgan fingerprint density at radius 1 is 1.44 bits per heavy atom. The number of carbonyl (C=O) groups excluding carboxylic acids is 2. The van der Waals surface area contributed by atoms with Gasteiger partial charge in [-0.1, -0.05) is 6.07 Å². The van der Waals surface area contributed by atoms with E-state index in [2.05, 4.69) is 5.32 Å². The molecule has 1 N–H and O–H groups in total. The summed E-state index contributed by atoms with van der Waals surface area (Å²) in [5, 5.41) is 1.96. The van der Waals surface area contributed by atoms with Crippen LogP contribution in [0.5, 0.6) is 5.75 Å². The summed E-state index contributed by atoms with van der Waals surface area (Å²) in [7, 11) is 1.59. The molecule has 1 atom stereocenters. The van der Waals surface area contributed by atoms with Crippen LogP contribution in [-0.4, -0.2) is 22.8 Å². The van der Waals surface area contributed by atoms with E-state index in [4.69, 9.17) is 4.74 Å². The summed E-state index contributed by atoms with van der Waals surface area (Å²) in [6, 6.07) is 7.39. The first-order valence-electron chi connectivity index (χ1n) is 4.51. The van der Waals surface area contributed by atoms with Crippen molar-refractivity contribution in [3.8, 4) is 5.75 Å². The van der Waals surface area contributed by atoms with Gasteiger partial charge in [0.15, 0.2) is 0 Å². The zero-order chi connectivity index (χ0) is 11.5. The minimum absolute atomic E-state index is 0.247. The second kappa shape index (κ2) is 4.80. The third-order valence-electron chi connectivity index (χ3n) is 1.94. The van der Waals surface area contributed by atoms with Crippen molar-refractivity contribution in [3.05, 3.63) is 24.3 Å². The third kappa shape index (κ3) is 2.51. The molecule has 0 radical (unpaired) electrons. The van der Waals surface area contributed by atoms with Gasteiger partial charge in [0, 0.05) is 4.90 Å². The number of nitrogens with one attached hydrogen (secondary N) is 1. The highest BCUT2D eigenvalue weighted by Crippen LogP contribution is 2.35. The number of rotatable bonds is 3. The molecular formula is C10H9NO3S2. The highest BCUT2D eigenvalue weighted by atomic mass is 32.2. The maximum absolute atomic E-state index is 11.3. The lowest BCUT2D eigenvalue weighted by molar-refractivity contribution is -0.117. The number of ether oxygens (including phenoxy) is 1. The normalized spacial score (nSPS) is 19.7. The van der Waals surface area contributed by atoms with E-state index in [9.17, 15) is 9.59 Å². The number of imide groups is 1. The Morgan fingerprint density at radius 3 is 2.88 bits per heavy atom. The Balaban J connectivity index is 2.09. The van der Waals surface area contributed by atoms with E-state index in [1.165, 1.54) is 11.8 Å². The fourth-order valence-corrected chi connectivity index (χ4v) is 3.28. The number of methoxy groups -OCH3 is 1. The molecule has 1 aliphatic heterocycles. The lowest BCUT2D eigenvalue weighted by Crippen LogP contribution is -2.22. The van der Waals surface area contributed by atoms with Crippen LogP contribution >= 0.6 is 23.5 Å². The van der Waals surface area contributed by atoms with Crippen molar-refractivity contribution >= 4 is 34.7 Å². The van der Waals surface area contributed by atoms with Crippen LogP contribution in [0.4, 0.5) is 4.79 Å². The molecule has 6 heteroatoms. The van der Waals surface area contributed by atoms with Gasteiger partial charge in [0.2, 0.25) is 0 Å². The summed E-state index contributed by atoms with van der Waals surface area (Å²) in [6.07, 6.45) is 0. The Labute approximate surface area is 101 Å². The van der Waals surface area contributed by atoms with Crippen molar-refractivity contribution in [3.63, 3.8) is 0 Å². The molecule has 2 rings (SSSR count). The topological polar surface area (TPSA) is 55.4 Å². The maximum Gasteiger partial charge on any atom is 0.287 e. The van der Waals surface area contributed by atoms with E-state index in [0.717, 1.165) is 22.4 Å². The number of amides is 2. The molecule has 1 aromatic rings. The van der Waals surface area contributed by atoms with Crippen LogP contribution in [0, 0.1) is 0 Å². The van der Waals surface area contributed by atoms with Crippen LogP contribution in [0.3, 0.4) is 0 Å². The molecule has 1 saturated heterocycles. The molecule has 1 aliphatic rings. The fraction of sp³-hybridized carbons (Fsp3) is 0.200. The van der Waals surface area contributed by atoms with E-state index in [0.29, 0.717) is 0 Å². The van der Waals surface area contributed by atoms with Crippen molar-refractivity contribution in [2.24, 2.45) is 0 Å². The predicted molar refractivity (Wildman–Crippen MR) is 63.8 cm³/mol. The summed E-state index contributed by atoms with van der Waals surface area (Å²) in [4.78, 5) is 23.2. The van der Waals surface area contributed by atoms with Gasteiger partial charge in [0.1, 0.15) is 10.3 Å². The van der Waals surface area contributed by atoms with Crippen LogP contribution in [0.2, 0.25) is 0 Å². The zero-order valence-electron chi connectivity index (χ0n) is 8.43. The first kappa shape index (κ1) is 11.3. The number of thioether (sulfide) groups is 2. The molecule has 84 valence electrons. The quantitative estimate of drug-likeness (QED) is 0.896. The van der Waals surface area contributed by atoms with Gasteiger partial charge in [-0.2, -0.15) is 0 Å². The smallest absolute Gasteiger partial charge is 0.287 e. The zero-order valence-corrected chi connectivity index (χ0v) is 10.1. The van der Waals surface area contributed by atoms with Gasteiger partial charge in [-0.05, 0) is 30.0 Å². The summed E-state index contributed by atoms with van der Waals surface area (Å²) in [5.41, 5.74) is 0. The first-order valence-corrected chi connectivity index (χ1v) is 6.27. The number of carbonyl (C=O) groups is 2. The molecule has 4 nitrogen and oxygen atoms in total. The Morgan fingerprint density at radius 2 is 2.25 bits per heavy atom. The molecule has 1 aromatic carbocycles. The lowest BCUT2D eigenvalue weighted by Gasteiger charge is -2.06. The Kier molecular flexibility index (Phi) is 3.40.